The van der Waals surface area contributed by atoms with Crippen LogP contribution in [0.2, 0.25) is 10.3 Å². The molecule has 22 heavy (non-hydrogen) atoms. The topological polar surface area (TPSA) is 67.3 Å². The Morgan fingerprint density at radius 3 is 2.59 bits per heavy atom. The molecule has 8 heteroatoms. The Hall–Kier alpha value is -1.27. The van der Waals surface area contributed by atoms with Crippen LogP contribution in [0, 0.1) is 0 Å². The van der Waals surface area contributed by atoms with E-state index in [0.29, 0.717) is 10.8 Å². The highest BCUT2D eigenvalue weighted by molar-refractivity contribution is 6.33. The van der Waals surface area contributed by atoms with E-state index in [-0.39, 0.29) is 11.3 Å². The van der Waals surface area contributed by atoms with E-state index in [1.165, 1.54) is 6.20 Å². The van der Waals surface area contributed by atoms with E-state index in [2.05, 4.69) is 15.4 Å². The standard InChI is InChI=1S/C14H20Cl2N4O2/c1-14(2,3)22-13(21)19-20(9-6-4-5-7-9)11-10(15)8-17-12(16)18-11/h8-9H,4-7H2,1-3H3,(H,19,21). The number of carbonyl (C=O) groups excluding carboxylic acids is 1. The number of aromatic nitrogens is 2. The van der Waals surface area contributed by atoms with Gasteiger partial charge in [-0.1, -0.05) is 24.4 Å². The Labute approximate surface area is 140 Å². The Morgan fingerprint density at radius 2 is 2.00 bits per heavy atom. The Kier molecular flexibility index (Phi) is 5.34. The summed E-state index contributed by atoms with van der Waals surface area (Å²) in [4.78, 5) is 20.1. The van der Waals surface area contributed by atoms with E-state index in [1.807, 2.05) is 0 Å². The molecule has 0 spiro atoms. The highest BCUT2D eigenvalue weighted by Gasteiger charge is 2.29. The molecule has 1 heterocycles. The monoisotopic (exact) mass is 346 g/mol. The van der Waals surface area contributed by atoms with Gasteiger partial charge in [-0.3, -0.25) is 5.01 Å². The van der Waals surface area contributed by atoms with Crippen molar-refractivity contribution in [2.24, 2.45) is 0 Å². The molecular weight excluding hydrogens is 327 g/mol. The number of nitrogens with zero attached hydrogens (tertiary/aromatic N) is 3. The first-order chi connectivity index (χ1) is 10.3. The maximum atomic E-state index is 12.1. The van der Waals surface area contributed by atoms with Crippen LogP contribution in [0.1, 0.15) is 46.5 Å². The van der Waals surface area contributed by atoms with Crippen molar-refractivity contribution in [3.05, 3.63) is 16.5 Å². The maximum Gasteiger partial charge on any atom is 0.426 e. The van der Waals surface area contributed by atoms with Gasteiger partial charge in [0, 0.05) is 0 Å². The number of carbonyl (C=O) groups is 1. The van der Waals surface area contributed by atoms with E-state index >= 15 is 0 Å². The average molecular weight is 347 g/mol. The summed E-state index contributed by atoms with van der Waals surface area (Å²) in [6.45, 7) is 5.42. The van der Waals surface area contributed by atoms with E-state index in [9.17, 15) is 4.79 Å². The molecule has 0 saturated heterocycles. The Bertz CT molecular complexity index is 542. The fourth-order valence-corrected chi connectivity index (χ4v) is 2.70. The second-order valence-corrected chi connectivity index (χ2v) is 6.98. The first-order valence-corrected chi connectivity index (χ1v) is 7.99. The fourth-order valence-electron chi connectivity index (χ4n) is 2.39. The lowest BCUT2D eigenvalue weighted by Crippen LogP contribution is -2.50. The first kappa shape index (κ1) is 17.1. The number of amides is 1. The molecule has 122 valence electrons. The molecule has 0 radical (unpaired) electrons. The number of hydrazine groups is 1. The lowest BCUT2D eigenvalue weighted by molar-refractivity contribution is 0.0514. The van der Waals surface area contributed by atoms with Gasteiger partial charge in [-0.15, -0.1) is 0 Å². The molecule has 2 rings (SSSR count). The van der Waals surface area contributed by atoms with Crippen LogP contribution in [0.3, 0.4) is 0 Å². The van der Waals surface area contributed by atoms with E-state index in [0.717, 1.165) is 25.7 Å². The van der Waals surface area contributed by atoms with Gasteiger partial charge >= 0.3 is 6.09 Å². The largest absolute Gasteiger partial charge is 0.443 e. The molecule has 0 atom stereocenters. The maximum absolute atomic E-state index is 12.1. The summed E-state index contributed by atoms with van der Waals surface area (Å²) in [6.07, 6.45) is 4.93. The second-order valence-electron chi connectivity index (χ2n) is 6.23. The molecule has 1 aliphatic rings. The molecular formula is C14H20Cl2N4O2. The van der Waals surface area contributed by atoms with Gasteiger partial charge in [-0.05, 0) is 45.2 Å². The SMILES string of the molecule is CC(C)(C)OC(=O)NN(c1nc(Cl)ncc1Cl)C1CCCC1. The van der Waals surface area contributed by atoms with Crippen LogP contribution in [0.15, 0.2) is 6.20 Å². The number of hydrogen-bond donors (Lipinski definition) is 1. The molecule has 1 aromatic heterocycles. The van der Waals surface area contributed by atoms with Crippen molar-refractivity contribution in [1.82, 2.24) is 15.4 Å². The first-order valence-electron chi connectivity index (χ1n) is 7.23. The number of ether oxygens (including phenoxy) is 1. The third kappa shape index (κ3) is 4.61. The molecule has 1 amide bonds. The summed E-state index contributed by atoms with van der Waals surface area (Å²) in [7, 11) is 0. The van der Waals surface area contributed by atoms with Crippen LogP contribution in [-0.4, -0.2) is 27.7 Å². The van der Waals surface area contributed by atoms with E-state index in [1.54, 1.807) is 25.8 Å². The van der Waals surface area contributed by atoms with Crippen molar-refractivity contribution in [3.8, 4) is 0 Å². The van der Waals surface area contributed by atoms with Crippen LogP contribution in [-0.2, 0) is 4.74 Å². The zero-order valence-corrected chi connectivity index (χ0v) is 14.4. The zero-order chi connectivity index (χ0) is 16.3. The van der Waals surface area contributed by atoms with Crippen molar-refractivity contribution in [3.63, 3.8) is 0 Å². The summed E-state index contributed by atoms with van der Waals surface area (Å²) in [5.41, 5.74) is 2.15. The molecule has 6 nitrogen and oxygen atoms in total. The molecule has 1 aliphatic carbocycles. The molecule has 1 saturated carbocycles. The smallest absolute Gasteiger partial charge is 0.426 e. The Balaban J connectivity index is 2.23. The molecule has 0 unspecified atom stereocenters. The predicted octanol–water partition coefficient (Wildman–Crippen LogP) is 3.97. The van der Waals surface area contributed by atoms with E-state index < -0.39 is 11.7 Å². The summed E-state index contributed by atoms with van der Waals surface area (Å²) in [6, 6.07) is 0.107. The molecule has 1 fully saturated rings. The summed E-state index contributed by atoms with van der Waals surface area (Å²) < 4.78 is 5.31. The van der Waals surface area contributed by atoms with Crippen molar-refractivity contribution in [2.75, 3.05) is 5.01 Å². The van der Waals surface area contributed by atoms with Crippen LogP contribution < -0.4 is 10.4 Å². The normalized spacial score (nSPS) is 15.7. The predicted molar refractivity (Wildman–Crippen MR) is 86.2 cm³/mol. The van der Waals surface area contributed by atoms with Crippen LogP contribution in [0.4, 0.5) is 10.6 Å². The molecule has 1 N–H and O–H groups in total. The van der Waals surface area contributed by atoms with Gasteiger partial charge in [0.1, 0.15) is 10.6 Å². The van der Waals surface area contributed by atoms with Crippen molar-refractivity contribution in [1.29, 1.82) is 0 Å². The number of rotatable bonds is 3. The average Bonchev–Trinajstić information content (AvgIpc) is 2.91. The number of halogens is 2. The van der Waals surface area contributed by atoms with Crippen LogP contribution in [0.5, 0.6) is 0 Å². The van der Waals surface area contributed by atoms with Crippen LogP contribution in [0.25, 0.3) is 0 Å². The van der Waals surface area contributed by atoms with Crippen molar-refractivity contribution >= 4 is 35.1 Å². The van der Waals surface area contributed by atoms with Crippen molar-refractivity contribution < 1.29 is 9.53 Å². The quantitative estimate of drug-likeness (QED) is 0.662. The van der Waals surface area contributed by atoms with Gasteiger partial charge < -0.3 is 4.74 Å². The van der Waals surface area contributed by atoms with Crippen LogP contribution >= 0.6 is 23.2 Å². The molecule has 0 bridgehead atoms. The lowest BCUT2D eigenvalue weighted by Gasteiger charge is -2.31. The second kappa shape index (κ2) is 6.87. The van der Waals surface area contributed by atoms with E-state index in [4.69, 9.17) is 27.9 Å². The molecule has 0 aromatic carbocycles. The number of hydrogen-bond acceptors (Lipinski definition) is 5. The summed E-state index contributed by atoms with van der Waals surface area (Å²) >= 11 is 12.0. The highest BCUT2D eigenvalue weighted by atomic mass is 35.5. The summed E-state index contributed by atoms with van der Waals surface area (Å²) in [5.74, 6) is 0.388. The van der Waals surface area contributed by atoms with Crippen molar-refractivity contribution in [2.45, 2.75) is 58.1 Å². The lowest BCUT2D eigenvalue weighted by atomic mass is 10.2. The Morgan fingerprint density at radius 1 is 1.36 bits per heavy atom. The fraction of sp³-hybridized carbons (Fsp3) is 0.643. The van der Waals surface area contributed by atoms with Gasteiger partial charge in [0.05, 0.1) is 12.2 Å². The van der Waals surface area contributed by atoms with Gasteiger partial charge in [-0.25, -0.2) is 15.2 Å². The minimum absolute atomic E-state index is 0.0772. The molecule has 1 aromatic rings. The zero-order valence-electron chi connectivity index (χ0n) is 12.9. The third-order valence-corrected chi connectivity index (χ3v) is 3.67. The van der Waals surface area contributed by atoms with Gasteiger partial charge in [0.2, 0.25) is 5.28 Å². The third-order valence-electron chi connectivity index (χ3n) is 3.22. The van der Waals surface area contributed by atoms with Gasteiger partial charge in [0.15, 0.2) is 5.82 Å². The summed E-state index contributed by atoms with van der Waals surface area (Å²) in [5, 5.41) is 2.05. The molecule has 0 aliphatic heterocycles. The minimum Gasteiger partial charge on any atom is -0.443 e. The van der Waals surface area contributed by atoms with Gasteiger partial charge in [-0.2, -0.15) is 4.98 Å². The number of nitrogens with one attached hydrogen (secondary N) is 1. The highest BCUT2D eigenvalue weighted by Crippen LogP contribution is 2.30. The minimum atomic E-state index is -0.585. The van der Waals surface area contributed by atoms with Gasteiger partial charge in [0.25, 0.3) is 0 Å². The number of anilines is 1.